The van der Waals surface area contributed by atoms with E-state index in [1.165, 1.54) is 0 Å². The third kappa shape index (κ3) is 4.73. The first-order chi connectivity index (χ1) is 10.1. The highest BCUT2D eigenvalue weighted by Crippen LogP contribution is 2.30. The van der Waals surface area contributed by atoms with E-state index in [2.05, 4.69) is 13.8 Å². The zero-order chi connectivity index (χ0) is 17.0. The molecule has 1 rings (SSSR count). The number of benzene rings is 1. The predicted octanol–water partition coefficient (Wildman–Crippen LogP) is 2.71. The van der Waals surface area contributed by atoms with Crippen molar-refractivity contribution in [3.05, 3.63) is 29.8 Å². The van der Waals surface area contributed by atoms with E-state index in [4.69, 9.17) is 10.5 Å². The van der Waals surface area contributed by atoms with Crippen molar-refractivity contribution in [2.75, 3.05) is 27.2 Å². The Labute approximate surface area is 134 Å². The van der Waals surface area contributed by atoms with Crippen LogP contribution in [-0.4, -0.2) is 38.1 Å². The van der Waals surface area contributed by atoms with Gasteiger partial charge in [-0.1, -0.05) is 45.9 Å². The minimum absolute atomic E-state index is 0.0784. The largest absolute Gasteiger partial charge is 0.496 e. The van der Waals surface area contributed by atoms with Crippen LogP contribution in [0.25, 0.3) is 0 Å². The number of nitrogens with zero attached hydrogens (tertiary/aromatic N) is 1. The van der Waals surface area contributed by atoms with Crippen molar-refractivity contribution in [3.63, 3.8) is 0 Å². The molecule has 0 bridgehead atoms. The molecule has 22 heavy (non-hydrogen) atoms. The van der Waals surface area contributed by atoms with E-state index in [0.717, 1.165) is 11.3 Å². The van der Waals surface area contributed by atoms with Crippen LogP contribution in [0, 0.1) is 10.8 Å². The number of ether oxygens (including phenoxy) is 1. The summed E-state index contributed by atoms with van der Waals surface area (Å²) in [6, 6.07) is 7.85. The average molecular weight is 306 g/mol. The first-order valence-corrected chi connectivity index (χ1v) is 7.70. The lowest BCUT2D eigenvalue weighted by Crippen LogP contribution is -2.45. The molecule has 0 aliphatic carbocycles. The maximum absolute atomic E-state index is 12.8. The van der Waals surface area contributed by atoms with Crippen LogP contribution in [0.5, 0.6) is 5.75 Å². The van der Waals surface area contributed by atoms with E-state index in [1.807, 2.05) is 45.2 Å². The number of hydrogen-bond acceptors (Lipinski definition) is 3. The number of methoxy groups -OCH3 is 1. The monoisotopic (exact) mass is 306 g/mol. The predicted molar refractivity (Wildman–Crippen MR) is 91.0 cm³/mol. The molecule has 4 heteroatoms. The van der Waals surface area contributed by atoms with Crippen LogP contribution in [0.3, 0.4) is 0 Å². The van der Waals surface area contributed by atoms with Crippen LogP contribution in [-0.2, 0) is 11.2 Å². The van der Waals surface area contributed by atoms with Crippen molar-refractivity contribution < 1.29 is 9.53 Å². The van der Waals surface area contributed by atoms with Gasteiger partial charge in [0.1, 0.15) is 5.75 Å². The summed E-state index contributed by atoms with van der Waals surface area (Å²) in [5, 5.41) is 0. The number of rotatable bonds is 7. The molecule has 0 saturated heterocycles. The summed E-state index contributed by atoms with van der Waals surface area (Å²) in [4.78, 5) is 14.6. The summed E-state index contributed by atoms with van der Waals surface area (Å²) < 4.78 is 5.39. The van der Waals surface area contributed by atoms with Gasteiger partial charge in [-0.3, -0.25) is 4.79 Å². The third-order valence-electron chi connectivity index (χ3n) is 3.97. The quantitative estimate of drug-likeness (QED) is 0.842. The van der Waals surface area contributed by atoms with E-state index < -0.39 is 5.41 Å². The van der Waals surface area contributed by atoms with Gasteiger partial charge >= 0.3 is 0 Å². The maximum Gasteiger partial charge on any atom is 0.228 e. The van der Waals surface area contributed by atoms with E-state index in [0.29, 0.717) is 19.5 Å². The van der Waals surface area contributed by atoms with Crippen LogP contribution in [0.15, 0.2) is 24.3 Å². The molecule has 1 aromatic rings. The number of para-hydroxylation sites is 1. The van der Waals surface area contributed by atoms with Crippen LogP contribution in [0.4, 0.5) is 0 Å². The highest BCUT2D eigenvalue weighted by molar-refractivity contribution is 5.82. The fourth-order valence-corrected chi connectivity index (χ4v) is 2.70. The van der Waals surface area contributed by atoms with Crippen LogP contribution < -0.4 is 10.5 Å². The molecule has 0 aliphatic heterocycles. The van der Waals surface area contributed by atoms with Gasteiger partial charge in [-0.25, -0.2) is 0 Å². The fraction of sp³-hybridized carbons (Fsp3) is 0.611. The highest BCUT2D eigenvalue weighted by atomic mass is 16.5. The summed E-state index contributed by atoms with van der Waals surface area (Å²) in [5.74, 6) is 0.952. The average Bonchev–Trinajstić information content (AvgIpc) is 2.46. The molecular formula is C18H30N2O2. The van der Waals surface area contributed by atoms with Gasteiger partial charge in [-0.2, -0.15) is 0 Å². The second kappa shape index (κ2) is 7.14. The van der Waals surface area contributed by atoms with E-state index >= 15 is 0 Å². The number of hydrogen-bond donors (Lipinski definition) is 1. The number of nitrogens with two attached hydrogens (primary N) is 1. The van der Waals surface area contributed by atoms with Crippen molar-refractivity contribution in [2.45, 2.75) is 34.1 Å². The van der Waals surface area contributed by atoms with Gasteiger partial charge in [-0.05, 0) is 30.0 Å². The first-order valence-electron chi connectivity index (χ1n) is 7.70. The number of amides is 1. The maximum atomic E-state index is 12.8. The van der Waals surface area contributed by atoms with E-state index in [9.17, 15) is 4.79 Å². The molecule has 0 radical (unpaired) electrons. The number of carbonyl (C=O) groups excluding carboxylic acids is 1. The Balaban J connectivity index is 2.86. The van der Waals surface area contributed by atoms with Crippen LogP contribution >= 0.6 is 0 Å². The lowest BCUT2D eigenvalue weighted by molar-refractivity contribution is -0.140. The second-order valence-electron chi connectivity index (χ2n) is 7.40. The molecule has 4 nitrogen and oxygen atoms in total. The molecule has 0 aromatic heterocycles. The molecule has 2 N–H and O–H groups in total. The SMILES string of the molecule is COc1ccccc1CC(C)(C)C(=O)N(C)CC(C)(C)CN. The standard InChI is InChI=1S/C18H30N2O2/c1-17(2,12-19)13-20(5)16(21)18(3,4)11-14-9-7-8-10-15(14)22-6/h7-10H,11-13,19H2,1-6H3. The van der Waals surface area contributed by atoms with E-state index in [-0.39, 0.29) is 11.3 Å². The van der Waals surface area contributed by atoms with Crippen molar-refractivity contribution >= 4 is 5.91 Å². The third-order valence-corrected chi connectivity index (χ3v) is 3.97. The minimum Gasteiger partial charge on any atom is -0.496 e. The fourth-order valence-electron chi connectivity index (χ4n) is 2.70. The van der Waals surface area contributed by atoms with Crippen molar-refractivity contribution in [1.82, 2.24) is 4.90 Å². The molecular weight excluding hydrogens is 276 g/mol. The summed E-state index contributed by atoms with van der Waals surface area (Å²) in [5.41, 5.74) is 6.25. The zero-order valence-electron chi connectivity index (χ0n) is 14.8. The summed E-state index contributed by atoms with van der Waals surface area (Å²) in [7, 11) is 3.51. The summed E-state index contributed by atoms with van der Waals surface area (Å²) in [6.45, 7) is 9.31. The van der Waals surface area contributed by atoms with Crippen molar-refractivity contribution in [3.8, 4) is 5.75 Å². The van der Waals surface area contributed by atoms with Gasteiger partial charge in [-0.15, -0.1) is 0 Å². The topological polar surface area (TPSA) is 55.6 Å². The van der Waals surface area contributed by atoms with Gasteiger partial charge in [0, 0.05) is 19.0 Å². The first kappa shape index (κ1) is 18.5. The molecule has 0 spiro atoms. The minimum atomic E-state index is -0.492. The van der Waals surface area contributed by atoms with Gasteiger partial charge in [0.2, 0.25) is 5.91 Å². The lowest BCUT2D eigenvalue weighted by atomic mass is 9.83. The lowest BCUT2D eigenvalue weighted by Gasteiger charge is -2.34. The van der Waals surface area contributed by atoms with Crippen LogP contribution in [0.1, 0.15) is 33.3 Å². The smallest absolute Gasteiger partial charge is 0.228 e. The Kier molecular flexibility index (Phi) is 6.00. The molecule has 0 atom stereocenters. The summed E-state index contributed by atoms with van der Waals surface area (Å²) in [6.07, 6.45) is 0.642. The molecule has 1 amide bonds. The Morgan fingerprint density at radius 3 is 2.36 bits per heavy atom. The molecule has 0 heterocycles. The van der Waals surface area contributed by atoms with Crippen molar-refractivity contribution in [2.24, 2.45) is 16.6 Å². The molecule has 0 saturated carbocycles. The van der Waals surface area contributed by atoms with Crippen molar-refractivity contribution in [1.29, 1.82) is 0 Å². The number of carbonyl (C=O) groups is 1. The Morgan fingerprint density at radius 1 is 1.23 bits per heavy atom. The van der Waals surface area contributed by atoms with Gasteiger partial charge in [0.05, 0.1) is 7.11 Å². The molecule has 0 aliphatic rings. The van der Waals surface area contributed by atoms with E-state index in [1.54, 1.807) is 12.0 Å². The van der Waals surface area contributed by atoms with Gasteiger partial charge in [0.15, 0.2) is 0 Å². The zero-order valence-corrected chi connectivity index (χ0v) is 14.8. The highest BCUT2D eigenvalue weighted by Gasteiger charge is 2.33. The van der Waals surface area contributed by atoms with Gasteiger partial charge < -0.3 is 15.4 Å². The molecule has 0 fully saturated rings. The molecule has 0 unspecified atom stereocenters. The normalized spacial score (nSPS) is 12.1. The Morgan fingerprint density at radius 2 is 1.82 bits per heavy atom. The molecule has 1 aromatic carbocycles. The summed E-state index contributed by atoms with van der Waals surface area (Å²) >= 11 is 0. The van der Waals surface area contributed by atoms with Crippen LogP contribution in [0.2, 0.25) is 0 Å². The molecule has 124 valence electrons. The Hall–Kier alpha value is -1.55. The van der Waals surface area contributed by atoms with Gasteiger partial charge in [0.25, 0.3) is 0 Å². The second-order valence-corrected chi connectivity index (χ2v) is 7.40. The Bertz CT molecular complexity index is 510.